The van der Waals surface area contributed by atoms with Gasteiger partial charge < -0.3 is 9.47 Å². The lowest BCUT2D eigenvalue weighted by Gasteiger charge is -2.11. The van der Waals surface area contributed by atoms with Crippen LogP contribution in [0.1, 0.15) is 35.7 Å². The maximum absolute atomic E-state index is 12.1. The fourth-order valence-electron chi connectivity index (χ4n) is 1.88. The van der Waals surface area contributed by atoms with E-state index < -0.39 is 0 Å². The summed E-state index contributed by atoms with van der Waals surface area (Å²) in [6, 6.07) is 7.77. The van der Waals surface area contributed by atoms with Crippen molar-refractivity contribution in [3.63, 3.8) is 0 Å². The maximum atomic E-state index is 12.1. The molecule has 0 aliphatic rings. The van der Waals surface area contributed by atoms with E-state index in [1.165, 1.54) is 0 Å². The normalized spacial score (nSPS) is 12.4. The van der Waals surface area contributed by atoms with E-state index in [-0.39, 0.29) is 5.78 Å². The van der Waals surface area contributed by atoms with Crippen molar-refractivity contribution < 1.29 is 14.3 Å². The molecular formula is C16H24O3. The number of carbonyl (C=O) groups is 1. The lowest BCUT2D eigenvalue weighted by Crippen LogP contribution is -2.10. The summed E-state index contributed by atoms with van der Waals surface area (Å²) in [4.78, 5) is 12.1. The number of Topliss-reactive ketones (excluding diaryl/α,β-unsaturated/α-hetero) is 1. The van der Waals surface area contributed by atoms with Crippen molar-refractivity contribution in [1.82, 2.24) is 0 Å². The van der Waals surface area contributed by atoms with Crippen LogP contribution < -0.4 is 0 Å². The number of aryl methyl sites for hydroxylation is 1. The highest BCUT2D eigenvalue weighted by molar-refractivity contribution is 5.96. The van der Waals surface area contributed by atoms with Crippen molar-refractivity contribution in [2.45, 2.75) is 26.7 Å². The van der Waals surface area contributed by atoms with Crippen molar-refractivity contribution in [2.24, 2.45) is 5.92 Å². The first-order chi connectivity index (χ1) is 9.13. The van der Waals surface area contributed by atoms with Crippen LogP contribution in [0.5, 0.6) is 0 Å². The largest absolute Gasteiger partial charge is 0.382 e. The second kappa shape index (κ2) is 8.83. The van der Waals surface area contributed by atoms with Crippen LogP contribution in [0.15, 0.2) is 24.3 Å². The summed E-state index contributed by atoms with van der Waals surface area (Å²) >= 11 is 0. The predicted octanol–water partition coefficient (Wildman–Crippen LogP) is 3.26. The van der Waals surface area contributed by atoms with Crippen molar-refractivity contribution >= 4 is 5.78 Å². The van der Waals surface area contributed by atoms with Gasteiger partial charge in [0.1, 0.15) is 0 Å². The van der Waals surface area contributed by atoms with Gasteiger partial charge in [-0.05, 0) is 25.3 Å². The van der Waals surface area contributed by atoms with E-state index in [0.29, 0.717) is 32.2 Å². The van der Waals surface area contributed by atoms with Crippen LogP contribution >= 0.6 is 0 Å². The molecule has 0 aliphatic heterocycles. The molecule has 0 aromatic heterocycles. The number of carbonyl (C=O) groups excluding carboxylic acids is 1. The van der Waals surface area contributed by atoms with Gasteiger partial charge in [0.05, 0.1) is 13.2 Å². The Labute approximate surface area is 115 Å². The van der Waals surface area contributed by atoms with Crippen LogP contribution in [0.3, 0.4) is 0 Å². The minimum Gasteiger partial charge on any atom is -0.382 e. The zero-order valence-electron chi connectivity index (χ0n) is 12.1. The summed E-state index contributed by atoms with van der Waals surface area (Å²) in [6.07, 6.45) is 1.48. The molecule has 0 saturated carbocycles. The highest BCUT2D eigenvalue weighted by atomic mass is 16.5. The molecule has 0 bridgehead atoms. The van der Waals surface area contributed by atoms with Crippen LogP contribution in [0.25, 0.3) is 0 Å². The number of ether oxygens (including phenoxy) is 2. The van der Waals surface area contributed by atoms with Crippen LogP contribution in [0.2, 0.25) is 0 Å². The van der Waals surface area contributed by atoms with E-state index in [1.807, 2.05) is 31.2 Å². The smallest absolute Gasteiger partial charge is 0.163 e. The minimum absolute atomic E-state index is 0.216. The highest BCUT2D eigenvalue weighted by Crippen LogP contribution is 2.14. The van der Waals surface area contributed by atoms with E-state index in [2.05, 4.69) is 6.92 Å². The lowest BCUT2D eigenvalue weighted by molar-refractivity contribution is 0.0633. The molecule has 0 amide bonds. The molecule has 1 unspecified atom stereocenters. The van der Waals surface area contributed by atoms with Crippen molar-refractivity contribution in [3.8, 4) is 0 Å². The number of hydrogen-bond donors (Lipinski definition) is 0. The molecule has 1 aromatic rings. The van der Waals surface area contributed by atoms with E-state index in [0.717, 1.165) is 17.5 Å². The van der Waals surface area contributed by atoms with Gasteiger partial charge >= 0.3 is 0 Å². The van der Waals surface area contributed by atoms with Gasteiger partial charge in [0.25, 0.3) is 0 Å². The number of ketones is 1. The van der Waals surface area contributed by atoms with Gasteiger partial charge in [-0.15, -0.1) is 0 Å². The predicted molar refractivity (Wildman–Crippen MR) is 76.6 cm³/mol. The number of methoxy groups -OCH3 is 1. The van der Waals surface area contributed by atoms with E-state index >= 15 is 0 Å². The summed E-state index contributed by atoms with van der Waals surface area (Å²) in [7, 11) is 1.66. The van der Waals surface area contributed by atoms with Gasteiger partial charge in [-0.25, -0.2) is 0 Å². The van der Waals surface area contributed by atoms with Crippen LogP contribution in [-0.4, -0.2) is 32.7 Å². The molecule has 0 N–H and O–H groups in total. The lowest BCUT2D eigenvalue weighted by atomic mass is 9.97. The molecule has 1 atom stereocenters. The highest BCUT2D eigenvalue weighted by Gasteiger charge is 2.11. The third-order valence-corrected chi connectivity index (χ3v) is 3.06. The van der Waals surface area contributed by atoms with Crippen LogP contribution in [0.4, 0.5) is 0 Å². The zero-order chi connectivity index (χ0) is 14.1. The van der Waals surface area contributed by atoms with Gasteiger partial charge in [-0.3, -0.25) is 4.79 Å². The van der Waals surface area contributed by atoms with Gasteiger partial charge in [0, 0.05) is 25.7 Å². The van der Waals surface area contributed by atoms with Gasteiger partial charge in [0.2, 0.25) is 0 Å². The Morgan fingerprint density at radius 1 is 1.26 bits per heavy atom. The van der Waals surface area contributed by atoms with E-state index in [4.69, 9.17) is 9.47 Å². The Kier molecular flexibility index (Phi) is 7.38. The molecule has 3 nitrogen and oxygen atoms in total. The van der Waals surface area contributed by atoms with Crippen LogP contribution in [0, 0.1) is 12.8 Å². The van der Waals surface area contributed by atoms with E-state index in [1.54, 1.807) is 7.11 Å². The third kappa shape index (κ3) is 6.50. The summed E-state index contributed by atoms with van der Waals surface area (Å²) in [5.41, 5.74) is 1.94. The second-order valence-corrected chi connectivity index (χ2v) is 5.00. The molecule has 106 valence electrons. The number of rotatable bonds is 9. The van der Waals surface area contributed by atoms with Gasteiger partial charge in [0.15, 0.2) is 5.78 Å². The fourth-order valence-corrected chi connectivity index (χ4v) is 1.88. The van der Waals surface area contributed by atoms with Gasteiger partial charge in [-0.2, -0.15) is 0 Å². The Morgan fingerprint density at radius 3 is 2.74 bits per heavy atom. The molecule has 0 heterocycles. The maximum Gasteiger partial charge on any atom is 0.163 e. The first kappa shape index (κ1) is 15.9. The quantitative estimate of drug-likeness (QED) is 0.507. The molecule has 0 fully saturated rings. The molecule has 1 aromatic carbocycles. The molecule has 19 heavy (non-hydrogen) atoms. The Hall–Kier alpha value is -1.19. The third-order valence-electron chi connectivity index (χ3n) is 3.06. The molecule has 0 spiro atoms. The molecule has 0 radical (unpaired) electrons. The Bertz CT molecular complexity index is 387. The van der Waals surface area contributed by atoms with Gasteiger partial charge in [-0.1, -0.05) is 30.7 Å². The first-order valence-corrected chi connectivity index (χ1v) is 6.80. The molecule has 3 heteroatoms. The van der Waals surface area contributed by atoms with Crippen molar-refractivity contribution in [3.05, 3.63) is 35.4 Å². The second-order valence-electron chi connectivity index (χ2n) is 5.00. The Morgan fingerprint density at radius 2 is 2.05 bits per heavy atom. The standard InChI is InChI=1S/C16H24O3/c1-13-5-4-6-15(11-13)16(17)12-14(2)7-8-19-10-9-18-3/h4-6,11,14H,7-10,12H2,1-3H3. The SMILES string of the molecule is COCCOCCC(C)CC(=O)c1cccc(C)c1. The zero-order valence-corrected chi connectivity index (χ0v) is 12.1. The summed E-state index contributed by atoms with van der Waals surface area (Å²) < 4.78 is 10.3. The summed E-state index contributed by atoms with van der Waals surface area (Å²) in [6.45, 7) is 6.02. The molecular weight excluding hydrogens is 240 g/mol. The number of benzene rings is 1. The van der Waals surface area contributed by atoms with Crippen LogP contribution in [-0.2, 0) is 9.47 Å². The minimum atomic E-state index is 0.216. The fraction of sp³-hybridized carbons (Fsp3) is 0.562. The topological polar surface area (TPSA) is 35.5 Å². The summed E-state index contributed by atoms with van der Waals surface area (Å²) in [5.74, 6) is 0.559. The van der Waals surface area contributed by atoms with Crippen molar-refractivity contribution in [2.75, 3.05) is 26.9 Å². The molecule has 0 saturated heterocycles. The molecule has 0 aliphatic carbocycles. The average Bonchev–Trinajstić information content (AvgIpc) is 2.38. The monoisotopic (exact) mass is 264 g/mol. The number of hydrogen-bond acceptors (Lipinski definition) is 3. The first-order valence-electron chi connectivity index (χ1n) is 6.80. The Balaban J connectivity index is 2.28. The molecule has 1 rings (SSSR count). The van der Waals surface area contributed by atoms with E-state index in [9.17, 15) is 4.79 Å². The summed E-state index contributed by atoms with van der Waals surface area (Å²) in [5, 5.41) is 0. The van der Waals surface area contributed by atoms with Crippen molar-refractivity contribution in [1.29, 1.82) is 0 Å². The average molecular weight is 264 g/mol.